The van der Waals surface area contributed by atoms with Gasteiger partial charge in [-0.2, -0.15) is 9.49 Å². The van der Waals surface area contributed by atoms with Crippen molar-refractivity contribution in [1.29, 1.82) is 0 Å². The second-order valence-electron chi connectivity index (χ2n) is 8.12. The van der Waals surface area contributed by atoms with Crippen molar-refractivity contribution in [1.82, 2.24) is 19.7 Å². The molecule has 1 aliphatic rings. The van der Waals surface area contributed by atoms with Gasteiger partial charge in [-0.1, -0.05) is 37.1 Å². The first kappa shape index (κ1) is 18.9. The Hall–Kier alpha value is -3.15. The minimum absolute atomic E-state index is 0.0483. The van der Waals surface area contributed by atoms with E-state index < -0.39 is 11.6 Å². The number of hydrogen-bond donors (Lipinski definition) is 0. The van der Waals surface area contributed by atoms with Gasteiger partial charge in [-0.15, -0.1) is 0 Å². The van der Waals surface area contributed by atoms with Gasteiger partial charge in [0, 0.05) is 28.4 Å². The zero-order valence-electron chi connectivity index (χ0n) is 16.8. The highest BCUT2D eigenvalue weighted by atomic mass is 19.1. The molecule has 0 N–H and O–H groups in total. The van der Waals surface area contributed by atoms with Gasteiger partial charge >= 0.3 is 0 Å². The lowest BCUT2D eigenvalue weighted by molar-refractivity contribution is 0.132. The number of rotatable bonds is 4. The molecular formula is C24H22F2N4. The second-order valence-corrected chi connectivity index (χ2v) is 8.12. The van der Waals surface area contributed by atoms with E-state index in [0.717, 1.165) is 39.7 Å². The second kappa shape index (κ2) is 7.27. The number of nitrogens with zero attached hydrogens (tertiary/aromatic N) is 4. The lowest BCUT2D eigenvalue weighted by Crippen LogP contribution is -2.26. The third-order valence-corrected chi connectivity index (χ3v) is 5.91. The first-order valence-electron chi connectivity index (χ1n) is 10.3. The highest BCUT2D eigenvalue weighted by Crippen LogP contribution is 2.37. The Morgan fingerprint density at radius 1 is 1.07 bits per heavy atom. The van der Waals surface area contributed by atoms with Crippen LogP contribution in [-0.2, 0) is 6.54 Å². The molecular weight excluding hydrogens is 382 g/mol. The van der Waals surface area contributed by atoms with Crippen LogP contribution in [0.3, 0.4) is 0 Å². The van der Waals surface area contributed by atoms with Gasteiger partial charge in [-0.25, -0.2) is 9.07 Å². The van der Waals surface area contributed by atoms with Crippen LogP contribution in [0.4, 0.5) is 8.78 Å². The van der Waals surface area contributed by atoms with E-state index in [4.69, 9.17) is 0 Å². The number of aryl methyl sites for hydroxylation is 1. The summed E-state index contributed by atoms with van der Waals surface area (Å²) in [5, 5.41) is 5.20. The van der Waals surface area contributed by atoms with Crippen LogP contribution in [0.15, 0.2) is 54.9 Å². The van der Waals surface area contributed by atoms with Crippen LogP contribution in [0, 0.1) is 12.9 Å². The van der Waals surface area contributed by atoms with E-state index >= 15 is 4.39 Å². The van der Waals surface area contributed by atoms with Gasteiger partial charge in [-0.05, 0) is 38.0 Å². The number of pyridine rings is 2. The largest absolute Gasteiger partial charge is 0.256 e. The maximum absolute atomic E-state index is 15.3. The van der Waals surface area contributed by atoms with Gasteiger partial charge in [0.05, 0.1) is 29.5 Å². The van der Waals surface area contributed by atoms with Crippen molar-refractivity contribution in [2.45, 2.75) is 44.8 Å². The summed E-state index contributed by atoms with van der Waals surface area (Å²) in [7, 11) is 0. The van der Waals surface area contributed by atoms with Crippen molar-refractivity contribution in [3.63, 3.8) is 0 Å². The van der Waals surface area contributed by atoms with Crippen LogP contribution in [0.5, 0.6) is 0 Å². The molecule has 0 amide bonds. The van der Waals surface area contributed by atoms with Crippen LogP contribution in [0.1, 0.15) is 31.4 Å². The molecule has 1 saturated carbocycles. The van der Waals surface area contributed by atoms with E-state index in [-0.39, 0.29) is 6.54 Å². The van der Waals surface area contributed by atoms with Crippen LogP contribution >= 0.6 is 0 Å². The summed E-state index contributed by atoms with van der Waals surface area (Å²) in [6, 6.07) is 13.5. The van der Waals surface area contributed by atoms with Crippen molar-refractivity contribution < 1.29 is 8.78 Å². The van der Waals surface area contributed by atoms with E-state index in [1.807, 2.05) is 49.4 Å². The number of alkyl halides is 1. The molecule has 4 aromatic rings. The van der Waals surface area contributed by atoms with Crippen LogP contribution in [0.25, 0.3) is 33.3 Å². The first-order chi connectivity index (χ1) is 14.5. The summed E-state index contributed by atoms with van der Waals surface area (Å²) < 4.78 is 31.3. The van der Waals surface area contributed by atoms with Crippen molar-refractivity contribution in [3.05, 3.63) is 66.5 Å². The topological polar surface area (TPSA) is 43.6 Å². The molecule has 0 radical (unpaired) electrons. The molecule has 1 fully saturated rings. The lowest BCUT2D eigenvalue weighted by Gasteiger charge is -2.18. The molecule has 0 aliphatic heterocycles. The fraction of sp³-hybridized carbons (Fsp3) is 0.292. The van der Waals surface area contributed by atoms with Gasteiger partial charge in [0.25, 0.3) is 0 Å². The van der Waals surface area contributed by atoms with Crippen LogP contribution in [0.2, 0.25) is 0 Å². The van der Waals surface area contributed by atoms with Crippen molar-refractivity contribution in [2.24, 2.45) is 0 Å². The monoisotopic (exact) mass is 404 g/mol. The van der Waals surface area contributed by atoms with Crippen LogP contribution < -0.4 is 0 Å². The molecule has 4 nitrogen and oxygen atoms in total. The number of benzene rings is 1. The molecule has 0 spiro atoms. The summed E-state index contributed by atoms with van der Waals surface area (Å²) in [6.45, 7) is 1.85. The average Bonchev–Trinajstić information content (AvgIpc) is 3.34. The summed E-state index contributed by atoms with van der Waals surface area (Å²) in [6.07, 6.45) is 5.83. The molecule has 1 aliphatic carbocycles. The van der Waals surface area contributed by atoms with Crippen LogP contribution in [-0.4, -0.2) is 25.4 Å². The Balaban J connectivity index is 1.58. The zero-order valence-corrected chi connectivity index (χ0v) is 16.8. The summed E-state index contributed by atoms with van der Waals surface area (Å²) >= 11 is 0. The Labute approximate surface area is 173 Å². The van der Waals surface area contributed by atoms with Gasteiger partial charge in [0.15, 0.2) is 0 Å². The highest BCUT2D eigenvalue weighted by Gasteiger charge is 2.35. The fourth-order valence-electron chi connectivity index (χ4n) is 4.30. The van der Waals surface area contributed by atoms with Gasteiger partial charge < -0.3 is 0 Å². The third-order valence-electron chi connectivity index (χ3n) is 5.91. The molecule has 152 valence electrons. The zero-order chi connectivity index (χ0) is 20.7. The number of aromatic nitrogens is 4. The van der Waals surface area contributed by atoms with E-state index in [0.29, 0.717) is 29.7 Å². The van der Waals surface area contributed by atoms with E-state index in [2.05, 4.69) is 15.1 Å². The third kappa shape index (κ3) is 3.36. The summed E-state index contributed by atoms with van der Waals surface area (Å²) in [5.41, 5.74) is 2.79. The quantitative estimate of drug-likeness (QED) is 0.426. The lowest BCUT2D eigenvalue weighted by atomic mass is 9.99. The standard InChI is InChI=1S/C24H22F2N4/c1-16-6-9-19(20-14-28-30(23(20)25)15-24(26)10-2-3-11-24)22(29-16)18-8-7-17-5-4-12-27-21(17)13-18/h4-9,12-14H,2-3,10-11,15H2,1H3. The molecule has 0 unspecified atom stereocenters. The van der Waals surface area contributed by atoms with Crippen molar-refractivity contribution in [3.8, 4) is 22.4 Å². The molecule has 0 atom stereocenters. The average molecular weight is 404 g/mol. The molecule has 3 heterocycles. The predicted molar refractivity (Wildman–Crippen MR) is 113 cm³/mol. The molecule has 5 rings (SSSR count). The Morgan fingerprint density at radius 2 is 1.90 bits per heavy atom. The van der Waals surface area contributed by atoms with Gasteiger partial charge in [0.2, 0.25) is 5.95 Å². The molecule has 1 aromatic carbocycles. The predicted octanol–water partition coefficient (Wildman–Crippen LogP) is 5.89. The number of hydrogen-bond acceptors (Lipinski definition) is 3. The maximum Gasteiger partial charge on any atom is 0.219 e. The molecule has 6 heteroatoms. The maximum atomic E-state index is 15.3. The Bertz CT molecular complexity index is 1230. The fourth-order valence-corrected chi connectivity index (χ4v) is 4.30. The molecule has 0 bridgehead atoms. The minimum atomic E-state index is -1.37. The smallest absolute Gasteiger partial charge is 0.219 e. The number of fused-ring (bicyclic) bond motifs is 1. The van der Waals surface area contributed by atoms with E-state index in [1.165, 1.54) is 6.20 Å². The molecule has 3 aromatic heterocycles. The van der Waals surface area contributed by atoms with Crippen molar-refractivity contribution >= 4 is 10.9 Å². The minimum Gasteiger partial charge on any atom is -0.256 e. The Morgan fingerprint density at radius 3 is 2.73 bits per heavy atom. The van der Waals surface area contributed by atoms with E-state index in [1.54, 1.807) is 6.20 Å². The summed E-state index contributed by atoms with van der Waals surface area (Å²) in [4.78, 5) is 9.11. The van der Waals surface area contributed by atoms with Gasteiger partial charge in [0.1, 0.15) is 5.67 Å². The Kier molecular flexibility index (Phi) is 4.57. The molecule has 0 saturated heterocycles. The van der Waals surface area contributed by atoms with Gasteiger partial charge in [-0.3, -0.25) is 9.97 Å². The van der Waals surface area contributed by atoms with E-state index in [9.17, 15) is 4.39 Å². The number of halogens is 2. The highest BCUT2D eigenvalue weighted by molar-refractivity contribution is 5.87. The van der Waals surface area contributed by atoms with Crippen molar-refractivity contribution in [2.75, 3.05) is 0 Å². The summed E-state index contributed by atoms with van der Waals surface area (Å²) in [5.74, 6) is -0.523. The SMILES string of the molecule is Cc1ccc(-c2cnn(CC3(F)CCCC3)c2F)c(-c2ccc3cccnc3c2)n1. The molecule has 30 heavy (non-hydrogen) atoms. The normalized spacial score (nSPS) is 15.7. The first-order valence-corrected chi connectivity index (χ1v) is 10.3.